The lowest BCUT2D eigenvalue weighted by Crippen LogP contribution is -2.05. The summed E-state index contributed by atoms with van der Waals surface area (Å²) < 4.78 is 5.48. The molecule has 0 amide bonds. The quantitative estimate of drug-likeness (QED) is 0.492. The van der Waals surface area contributed by atoms with Crippen molar-refractivity contribution in [3.8, 4) is 5.95 Å². The molecular formula is C17H13ClN8. The van der Waals surface area contributed by atoms with Crippen molar-refractivity contribution in [2.24, 2.45) is 5.92 Å². The number of benzene rings is 1. The Balaban J connectivity index is 1.66. The number of rotatable bonds is 3. The highest BCUT2D eigenvalue weighted by Crippen LogP contribution is 2.32. The maximum Gasteiger partial charge on any atom is 0.259 e. The zero-order valence-corrected chi connectivity index (χ0v) is 14.4. The van der Waals surface area contributed by atoms with Crippen LogP contribution in [-0.4, -0.2) is 39.0 Å². The van der Waals surface area contributed by atoms with E-state index in [-0.39, 0.29) is 0 Å². The molecule has 1 fully saturated rings. The van der Waals surface area contributed by atoms with Crippen LogP contribution in [0, 0.1) is 5.92 Å². The first-order valence-electron chi connectivity index (χ1n) is 8.50. The van der Waals surface area contributed by atoms with Gasteiger partial charge in [0.05, 0.1) is 23.6 Å². The molecule has 0 aliphatic heterocycles. The monoisotopic (exact) mass is 364 g/mol. The number of para-hydroxylation sites is 1. The van der Waals surface area contributed by atoms with Crippen molar-refractivity contribution in [3.05, 3.63) is 47.6 Å². The molecule has 0 spiro atoms. The lowest BCUT2D eigenvalue weighted by atomic mass is 10.2. The van der Waals surface area contributed by atoms with Crippen LogP contribution < -0.4 is 0 Å². The molecule has 4 aromatic heterocycles. The van der Waals surface area contributed by atoms with E-state index in [9.17, 15) is 0 Å². The van der Waals surface area contributed by atoms with Gasteiger partial charge < -0.3 is 0 Å². The van der Waals surface area contributed by atoms with Crippen LogP contribution in [0.3, 0.4) is 0 Å². The normalized spacial score (nSPS) is 14.8. The maximum absolute atomic E-state index is 6.35. The van der Waals surface area contributed by atoms with Gasteiger partial charge in [-0.05, 0) is 48.9 Å². The number of nitrogens with zero attached hydrogens (tertiary/aromatic N) is 8. The highest BCUT2D eigenvalue weighted by atomic mass is 35.5. The molecule has 0 unspecified atom stereocenters. The predicted molar refractivity (Wildman–Crippen MR) is 95.6 cm³/mol. The molecule has 1 aliphatic rings. The Morgan fingerprint density at radius 2 is 1.96 bits per heavy atom. The van der Waals surface area contributed by atoms with Crippen LogP contribution in [0.1, 0.15) is 18.5 Å². The minimum atomic E-state index is 0.394. The van der Waals surface area contributed by atoms with E-state index >= 15 is 0 Å². The fraction of sp³-hybridized carbons (Fsp3) is 0.235. The van der Waals surface area contributed by atoms with Crippen molar-refractivity contribution >= 4 is 33.8 Å². The lowest BCUT2D eigenvalue weighted by Gasteiger charge is -2.07. The van der Waals surface area contributed by atoms with Crippen LogP contribution in [0.4, 0.5) is 0 Å². The number of hydrogen-bond acceptors (Lipinski definition) is 5. The second-order valence-corrected chi connectivity index (χ2v) is 7.04. The smallest absolute Gasteiger partial charge is 0.259 e. The molecule has 5 aromatic rings. The molecule has 0 N–H and O–H groups in total. The third kappa shape index (κ3) is 1.93. The van der Waals surface area contributed by atoms with Gasteiger partial charge in [-0.3, -0.25) is 4.40 Å². The van der Waals surface area contributed by atoms with Crippen molar-refractivity contribution in [1.29, 1.82) is 0 Å². The Morgan fingerprint density at radius 1 is 1.08 bits per heavy atom. The van der Waals surface area contributed by atoms with Crippen molar-refractivity contribution in [2.45, 2.75) is 19.3 Å². The summed E-state index contributed by atoms with van der Waals surface area (Å²) >= 11 is 6.35. The fourth-order valence-electron chi connectivity index (χ4n) is 3.48. The summed E-state index contributed by atoms with van der Waals surface area (Å²) in [6, 6.07) is 7.93. The lowest BCUT2D eigenvalue weighted by molar-refractivity contribution is 0.740. The van der Waals surface area contributed by atoms with Gasteiger partial charge in [-0.1, -0.05) is 17.3 Å². The van der Waals surface area contributed by atoms with Crippen LogP contribution in [0.25, 0.3) is 28.1 Å². The standard InChI is InChI=1S/C17H13ClN8/c18-16-19-8-14-25(16)13-4-2-1-3-12(13)15-21-22-17(26(14)15)24-9-11(20-23-24)7-10-5-6-10/h1-4,8-10H,5-7H2. The van der Waals surface area contributed by atoms with Crippen LogP contribution in [0.2, 0.25) is 5.28 Å². The number of hydrogen-bond donors (Lipinski definition) is 0. The van der Waals surface area contributed by atoms with Gasteiger partial charge in [0.2, 0.25) is 5.28 Å². The molecule has 1 aliphatic carbocycles. The third-order valence-electron chi connectivity index (χ3n) is 4.90. The molecule has 128 valence electrons. The molecule has 1 aromatic carbocycles. The van der Waals surface area contributed by atoms with E-state index < -0.39 is 0 Å². The zero-order valence-electron chi connectivity index (χ0n) is 13.6. The minimum Gasteiger partial charge on any atom is -0.268 e. The molecule has 6 rings (SSSR count). The van der Waals surface area contributed by atoms with Gasteiger partial charge in [-0.25, -0.2) is 9.38 Å². The molecule has 0 atom stereocenters. The largest absolute Gasteiger partial charge is 0.268 e. The molecule has 8 nitrogen and oxygen atoms in total. The van der Waals surface area contributed by atoms with Gasteiger partial charge in [-0.2, -0.15) is 4.68 Å². The van der Waals surface area contributed by atoms with E-state index in [1.165, 1.54) is 12.8 Å². The summed E-state index contributed by atoms with van der Waals surface area (Å²) in [5.41, 5.74) is 3.43. The molecule has 0 radical (unpaired) electrons. The maximum atomic E-state index is 6.35. The van der Waals surface area contributed by atoms with Gasteiger partial charge in [-0.15, -0.1) is 15.3 Å². The summed E-state index contributed by atoms with van der Waals surface area (Å²) in [4.78, 5) is 4.27. The van der Waals surface area contributed by atoms with Crippen molar-refractivity contribution in [2.75, 3.05) is 0 Å². The first-order chi connectivity index (χ1) is 12.8. The third-order valence-corrected chi connectivity index (χ3v) is 5.17. The average molecular weight is 365 g/mol. The van der Waals surface area contributed by atoms with Crippen LogP contribution in [0.5, 0.6) is 0 Å². The molecule has 9 heteroatoms. The van der Waals surface area contributed by atoms with E-state index in [0.29, 0.717) is 11.2 Å². The van der Waals surface area contributed by atoms with Gasteiger partial charge in [0.25, 0.3) is 5.95 Å². The first-order valence-corrected chi connectivity index (χ1v) is 8.88. The Labute approximate surface area is 152 Å². The summed E-state index contributed by atoms with van der Waals surface area (Å²) in [5, 5.41) is 18.7. The molecule has 26 heavy (non-hydrogen) atoms. The SMILES string of the molecule is Clc1ncc2n1c1ccccc1c1nnc(-n3cc(CC4CC4)nn3)n12. The van der Waals surface area contributed by atoms with Gasteiger partial charge in [0.1, 0.15) is 5.65 Å². The van der Waals surface area contributed by atoms with E-state index in [2.05, 4.69) is 25.5 Å². The van der Waals surface area contributed by atoms with Crippen molar-refractivity contribution in [1.82, 2.24) is 39.0 Å². The summed E-state index contributed by atoms with van der Waals surface area (Å²) in [5.74, 6) is 1.32. The van der Waals surface area contributed by atoms with Crippen LogP contribution >= 0.6 is 11.6 Å². The summed E-state index contributed by atoms with van der Waals surface area (Å²) in [6.07, 6.45) is 7.17. The molecule has 4 heterocycles. The van der Waals surface area contributed by atoms with Gasteiger partial charge in [0.15, 0.2) is 5.65 Å². The fourth-order valence-corrected chi connectivity index (χ4v) is 3.70. The zero-order chi connectivity index (χ0) is 17.3. The van der Waals surface area contributed by atoms with Gasteiger partial charge in [0, 0.05) is 5.39 Å². The summed E-state index contributed by atoms with van der Waals surface area (Å²) in [6.45, 7) is 0. The molecule has 0 saturated heterocycles. The average Bonchev–Trinajstić information content (AvgIpc) is 3.05. The van der Waals surface area contributed by atoms with E-state index in [1.807, 2.05) is 39.3 Å². The second kappa shape index (κ2) is 5.01. The van der Waals surface area contributed by atoms with Gasteiger partial charge >= 0.3 is 0 Å². The summed E-state index contributed by atoms with van der Waals surface area (Å²) in [7, 11) is 0. The van der Waals surface area contributed by atoms with Crippen molar-refractivity contribution < 1.29 is 0 Å². The molecule has 1 saturated carbocycles. The Bertz CT molecular complexity index is 1290. The topological polar surface area (TPSA) is 78.2 Å². The first kappa shape index (κ1) is 14.2. The Kier molecular flexibility index (Phi) is 2.74. The molecule has 0 bridgehead atoms. The Morgan fingerprint density at radius 3 is 2.85 bits per heavy atom. The number of fused-ring (bicyclic) bond motifs is 6. The van der Waals surface area contributed by atoms with E-state index in [1.54, 1.807) is 10.9 Å². The van der Waals surface area contributed by atoms with E-state index in [4.69, 9.17) is 11.6 Å². The number of aromatic nitrogens is 8. The molecular weight excluding hydrogens is 352 g/mol. The van der Waals surface area contributed by atoms with Crippen LogP contribution in [0.15, 0.2) is 36.7 Å². The number of imidazole rings is 1. The number of halogens is 1. The Hall–Kier alpha value is -3.00. The highest BCUT2D eigenvalue weighted by Gasteiger charge is 2.24. The van der Waals surface area contributed by atoms with Crippen molar-refractivity contribution in [3.63, 3.8) is 0 Å². The van der Waals surface area contributed by atoms with E-state index in [0.717, 1.165) is 40.2 Å². The van der Waals surface area contributed by atoms with Crippen LogP contribution in [-0.2, 0) is 6.42 Å². The highest BCUT2D eigenvalue weighted by molar-refractivity contribution is 6.29. The second-order valence-electron chi connectivity index (χ2n) is 6.70. The predicted octanol–water partition coefficient (Wildman–Crippen LogP) is 2.72. The minimum absolute atomic E-state index is 0.394.